The first-order valence-corrected chi connectivity index (χ1v) is 7.63. The van der Waals surface area contributed by atoms with E-state index in [1.807, 2.05) is 63.2 Å². The molecule has 0 bridgehead atoms. The third-order valence-electron chi connectivity index (χ3n) is 3.89. The summed E-state index contributed by atoms with van der Waals surface area (Å²) < 4.78 is 1.48. The van der Waals surface area contributed by atoms with Crippen LogP contribution in [-0.4, -0.2) is 20.9 Å². The van der Waals surface area contributed by atoms with Gasteiger partial charge in [0.25, 0.3) is 5.91 Å². The fourth-order valence-electron chi connectivity index (χ4n) is 2.57. The van der Waals surface area contributed by atoms with Crippen molar-refractivity contribution in [2.75, 3.05) is 11.1 Å². The molecule has 24 heavy (non-hydrogen) atoms. The summed E-state index contributed by atoms with van der Waals surface area (Å²) in [5.74, 6) is -0.161. The molecule has 0 radical (unpaired) electrons. The van der Waals surface area contributed by atoms with E-state index in [0.29, 0.717) is 0 Å². The Morgan fingerprint density at radius 1 is 1.08 bits per heavy atom. The predicted molar refractivity (Wildman–Crippen MR) is 94.4 cm³/mol. The van der Waals surface area contributed by atoms with Crippen LogP contribution in [0, 0.1) is 20.8 Å². The lowest BCUT2D eigenvalue weighted by Crippen LogP contribution is -2.15. The lowest BCUT2D eigenvalue weighted by molar-refractivity contribution is 0.102. The van der Waals surface area contributed by atoms with Crippen LogP contribution < -0.4 is 11.1 Å². The molecular formula is C18H19N5O. The summed E-state index contributed by atoms with van der Waals surface area (Å²) in [4.78, 5) is 12.5. The van der Waals surface area contributed by atoms with E-state index in [1.165, 1.54) is 4.68 Å². The molecule has 0 aliphatic rings. The zero-order valence-corrected chi connectivity index (χ0v) is 13.9. The van der Waals surface area contributed by atoms with Crippen LogP contribution in [-0.2, 0) is 0 Å². The summed E-state index contributed by atoms with van der Waals surface area (Å²) >= 11 is 0. The number of aryl methyl sites for hydroxylation is 3. The zero-order valence-electron chi connectivity index (χ0n) is 13.9. The van der Waals surface area contributed by atoms with Crippen molar-refractivity contribution < 1.29 is 4.79 Å². The van der Waals surface area contributed by atoms with Crippen molar-refractivity contribution in [1.82, 2.24) is 15.0 Å². The number of amides is 1. The number of anilines is 2. The summed E-state index contributed by atoms with van der Waals surface area (Å²) in [5, 5.41) is 10.8. The van der Waals surface area contributed by atoms with Gasteiger partial charge in [0.15, 0.2) is 11.5 Å². The van der Waals surface area contributed by atoms with Gasteiger partial charge in [-0.15, -0.1) is 5.10 Å². The largest absolute Gasteiger partial charge is 0.382 e. The van der Waals surface area contributed by atoms with Crippen LogP contribution in [0.5, 0.6) is 0 Å². The highest BCUT2D eigenvalue weighted by Crippen LogP contribution is 2.21. The first-order valence-electron chi connectivity index (χ1n) is 7.63. The Hall–Kier alpha value is -3.15. The molecule has 0 saturated carbocycles. The number of carbonyl (C=O) groups is 1. The van der Waals surface area contributed by atoms with Crippen LogP contribution in [0.15, 0.2) is 42.5 Å². The minimum absolute atomic E-state index is 0.109. The lowest BCUT2D eigenvalue weighted by Gasteiger charge is -2.09. The molecule has 6 nitrogen and oxygen atoms in total. The van der Waals surface area contributed by atoms with Gasteiger partial charge in [-0.3, -0.25) is 4.79 Å². The Kier molecular flexibility index (Phi) is 4.04. The molecule has 0 atom stereocenters. The summed E-state index contributed by atoms with van der Waals surface area (Å²) in [5.41, 5.74) is 10.8. The normalized spacial score (nSPS) is 10.6. The molecule has 0 unspecified atom stereocenters. The first kappa shape index (κ1) is 15.7. The van der Waals surface area contributed by atoms with E-state index in [1.54, 1.807) is 0 Å². The number of para-hydroxylation sites is 1. The molecule has 3 aromatic rings. The molecule has 0 aliphatic carbocycles. The van der Waals surface area contributed by atoms with Gasteiger partial charge in [-0.25, -0.2) is 0 Å². The van der Waals surface area contributed by atoms with Crippen LogP contribution >= 0.6 is 0 Å². The highest BCUT2D eigenvalue weighted by atomic mass is 16.2. The summed E-state index contributed by atoms with van der Waals surface area (Å²) in [6.45, 7) is 5.90. The average Bonchev–Trinajstić information content (AvgIpc) is 2.92. The number of nitrogens with one attached hydrogen (secondary N) is 1. The van der Waals surface area contributed by atoms with Crippen molar-refractivity contribution in [3.63, 3.8) is 0 Å². The number of aromatic nitrogens is 3. The second-order valence-corrected chi connectivity index (χ2v) is 5.79. The molecule has 3 N–H and O–H groups in total. The van der Waals surface area contributed by atoms with Gasteiger partial charge in [-0.05, 0) is 44.0 Å². The number of nitrogen functional groups attached to an aromatic ring is 1. The highest BCUT2D eigenvalue weighted by molar-refractivity contribution is 6.06. The first-order chi connectivity index (χ1) is 11.5. The Balaban J connectivity index is 1.91. The Bertz CT molecular complexity index is 914. The maximum absolute atomic E-state index is 12.5. The number of hydrogen-bond donors (Lipinski definition) is 2. The van der Waals surface area contributed by atoms with Gasteiger partial charge in [0, 0.05) is 5.69 Å². The minimum atomic E-state index is -0.376. The van der Waals surface area contributed by atoms with E-state index >= 15 is 0 Å². The van der Waals surface area contributed by atoms with E-state index < -0.39 is 0 Å². The van der Waals surface area contributed by atoms with Crippen molar-refractivity contribution >= 4 is 17.4 Å². The molecule has 0 spiro atoms. The van der Waals surface area contributed by atoms with Crippen molar-refractivity contribution in [3.8, 4) is 5.69 Å². The molecule has 122 valence electrons. The van der Waals surface area contributed by atoms with Crippen molar-refractivity contribution in [1.29, 1.82) is 0 Å². The Labute approximate surface area is 140 Å². The number of nitrogens with two attached hydrogens (primary N) is 1. The SMILES string of the molecule is Cc1ccc(NC(=O)c2nnn(-c3ccccc3C)c2N)c(C)c1. The predicted octanol–water partition coefficient (Wildman–Crippen LogP) is 3.03. The molecule has 0 saturated heterocycles. The Morgan fingerprint density at radius 2 is 1.83 bits per heavy atom. The van der Waals surface area contributed by atoms with Crippen molar-refractivity contribution in [2.45, 2.75) is 20.8 Å². The summed E-state index contributed by atoms with van der Waals surface area (Å²) in [6.07, 6.45) is 0. The van der Waals surface area contributed by atoms with E-state index in [4.69, 9.17) is 5.73 Å². The van der Waals surface area contributed by atoms with Gasteiger partial charge in [0.05, 0.1) is 5.69 Å². The smallest absolute Gasteiger partial charge is 0.280 e. The minimum Gasteiger partial charge on any atom is -0.382 e. The van der Waals surface area contributed by atoms with Crippen LogP contribution in [0.3, 0.4) is 0 Å². The van der Waals surface area contributed by atoms with Crippen molar-refractivity contribution in [3.05, 3.63) is 64.8 Å². The van der Waals surface area contributed by atoms with Crippen LogP contribution in [0.25, 0.3) is 5.69 Å². The van der Waals surface area contributed by atoms with Gasteiger partial charge in [-0.2, -0.15) is 4.68 Å². The fourth-order valence-corrected chi connectivity index (χ4v) is 2.57. The second kappa shape index (κ2) is 6.16. The zero-order chi connectivity index (χ0) is 17.3. The molecule has 1 aromatic heterocycles. The average molecular weight is 321 g/mol. The van der Waals surface area contributed by atoms with E-state index in [-0.39, 0.29) is 17.4 Å². The van der Waals surface area contributed by atoms with E-state index in [9.17, 15) is 4.79 Å². The van der Waals surface area contributed by atoms with Gasteiger partial charge in [0.2, 0.25) is 0 Å². The number of carbonyl (C=O) groups excluding carboxylic acids is 1. The van der Waals surface area contributed by atoms with Gasteiger partial charge < -0.3 is 11.1 Å². The Morgan fingerprint density at radius 3 is 2.54 bits per heavy atom. The van der Waals surface area contributed by atoms with Gasteiger partial charge in [0.1, 0.15) is 0 Å². The molecule has 6 heteroatoms. The van der Waals surface area contributed by atoms with Crippen molar-refractivity contribution in [2.24, 2.45) is 0 Å². The highest BCUT2D eigenvalue weighted by Gasteiger charge is 2.19. The molecule has 2 aromatic carbocycles. The summed E-state index contributed by atoms with van der Waals surface area (Å²) in [6, 6.07) is 13.5. The quantitative estimate of drug-likeness (QED) is 0.776. The third kappa shape index (κ3) is 2.86. The number of hydrogen-bond acceptors (Lipinski definition) is 4. The maximum Gasteiger partial charge on any atom is 0.280 e. The number of rotatable bonds is 3. The fraction of sp³-hybridized carbons (Fsp3) is 0.167. The monoisotopic (exact) mass is 321 g/mol. The number of benzene rings is 2. The van der Waals surface area contributed by atoms with Crippen LogP contribution in [0.4, 0.5) is 11.5 Å². The van der Waals surface area contributed by atoms with Gasteiger partial charge in [-0.1, -0.05) is 41.1 Å². The van der Waals surface area contributed by atoms with E-state index in [2.05, 4.69) is 15.6 Å². The summed E-state index contributed by atoms with van der Waals surface area (Å²) in [7, 11) is 0. The number of nitrogens with zero attached hydrogens (tertiary/aromatic N) is 3. The van der Waals surface area contributed by atoms with Gasteiger partial charge >= 0.3 is 0 Å². The lowest BCUT2D eigenvalue weighted by atomic mass is 10.1. The van der Waals surface area contributed by atoms with E-state index in [0.717, 1.165) is 28.1 Å². The molecule has 0 aliphatic heterocycles. The topological polar surface area (TPSA) is 85.8 Å². The third-order valence-corrected chi connectivity index (χ3v) is 3.89. The molecular weight excluding hydrogens is 302 g/mol. The molecule has 0 fully saturated rings. The standard InChI is InChI=1S/C18H19N5O/c1-11-8-9-14(13(3)10-11)20-18(24)16-17(19)23(22-21-16)15-7-5-4-6-12(15)2/h4-10H,19H2,1-3H3,(H,20,24). The molecule has 1 amide bonds. The second-order valence-electron chi connectivity index (χ2n) is 5.79. The maximum atomic E-state index is 12.5. The van der Waals surface area contributed by atoms with Crippen LogP contribution in [0.2, 0.25) is 0 Å². The molecule has 1 heterocycles. The van der Waals surface area contributed by atoms with Crippen LogP contribution in [0.1, 0.15) is 27.2 Å². The molecule has 3 rings (SSSR count).